The molecule has 0 radical (unpaired) electrons. The number of aromatic nitrogens is 4. The van der Waals surface area contributed by atoms with Gasteiger partial charge in [0.1, 0.15) is 0 Å². The molecule has 0 spiro atoms. The maximum absolute atomic E-state index is 10.4. The molecule has 0 saturated heterocycles. The molecule has 8 nitrogen and oxygen atoms in total. The quantitative estimate of drug-likeness (QED) is 0.331. The Bertz CT molecular complexity index is 833. The lowest BCUT2D eigenvalue weighted by Gasteiger charge is -2.09. The molecule has 22 heavy (non-hydrogen) atoms. The fourth-order valence-electron chi connectivity index (χ4n) is 2.32. The first-order valence-corrected chi connectivity index (χ1v) is 6.79. The zero-order valence-electron chi connectivity index (χ0n) is 11.9. The van der Waals surface area contributed by atoms with Crippen molar-refractivity contribution in [2.24, 2.45) is 0 Å². The van der Waals surface area contributed by atoms with E-state index in [1.54, 1.807) is 17.2 Å². The fraction of sp³-hybridized carbons (Fsp3) is 0.143. The van der Waals surface area contributed by atoms with Gasteiger partial charge in [-0.05, 0) is 24.6 Å². The molecule has 0 fully saturated rings. The maximum atomic E-state index is 10.4. The van der Waals surface area contributed by atoms with Crippen LogP contribution in [0.25, 0.3) is 16.7 Å². The van der Waals surface area contributed by atoms with Crippen LogP contribution in [-0.4, -0.2) is 32.1 Å². The van der Waals surface area contributed by atoms with Gasteiger partial charge in [0.15, 0.2) is 5.96 Å². The summed E-state index contributed by atoms with van der Waals surface area (Å²) in [5.74, 6) is -0.0907. The lowest BCUT2D eigenvalue weighted by Crippen LogP contribution is -2.28. The lowest BCUT2D eigenvalue weighted by molar-refractivity contribution is -0.108. The number of amides is 1. The molecule has 3 aromatic rings. The van der Waals surface area contributed by atoms with Crippen molar-refractivity contribution >= 4 is 29.1 Å². The molecule has 0 atom stereocenters. The number of carbonyl (C=O) groups is 1. The summed E-state index contributed by atoms with van der Waals surface area (Å²) in [5, 5.41) is 17.0. The van der Waals surface area contributed by atoms with Gasteiger partial charge >= 0.3 is 0 Å². The zero-order chi connectivity index (χ0) is 15.5. The van der Waals surface area contributed by atoms with Crippen LogP contribution in [0, 0.1) is 5.41 Å². The van der Waals surface area contributed by atoms with Gasteiger partial charge in [0.05, 0.1) is 40.6 Å². The predicted octanol–water partition coefficient (Wildman–Crippen LogP) is 1.40. The first kappa shape index (κ1) is 13.8. The molecule has 4 N–H and O–H groups in total. The van der Waals surface area contributed by atoms with E-state index in [1.165, 1.54) is 0 Å². The van der Waals surface area contributed by atoms with Gasteiger partial charge in [0.25, 0.3) is 0 Å². The van der Waals surface area contributed by atoms with E-state index >= 15 is 0 Å². The Morgan fingerprint density at radius 1 is 1.50 bits per heavy atom. The highest BCUT2D eigenvalue weighted by Crippen LogP contribution is 2.22. The molecule has 1 aromatic carbocycles. The highest BCUT2D eigenvalue weighted by Gasteiger charge is 2.12. The average molecular weight is 297 g/mol. The van der Waals surface area contributed by atoms with Gasteiger partial charge in [-0.25, -0.2) is 9.67 Å². The Morgan fingerprint density at radius 2 is 2.36 bits per heavy atom. The summed E-state index contributed by atoms with van der Waals surface area (Å²) in [6.07, 6.45) is 4.46. The molecule has 0 aliphatic rings. The molecule has 1 amide bonds. The molecule has 0 aliphatic carbocycles. The van der Waals surface area contributed by atoms with E-state index in [0.29, 0.717) is 12.1 Å². The number of imidazole rings is 1. The number of guanidine groups is 1. The van der Waals surface area contributed by atoms with E-state index < -0.39 is 0 Å². The second-order valence-electron chi connectivity index (χ2n) is 4.64. The molecule has 0 bridgehead atoms. The fourth-order valence-corrected chi connectivity index (χ4v) is 2.32. The number of H-pyrrole nitrogens is 1. The third kappa shape index (κ3) is 2.41. The first-order valence-electron chi connectivity index (χ1n) is 6.79. The second-order valence-corrected chi connectivity index (χ2v) is 4.64. The van der Waals surface area contributed by atoms with Crippen molar-refractivity contribution in [1.82, 2.24) is 25.1 Å². The number of hydrogen-bond donors (Lipinski definition) is 4. The largest absolute Gasteiger partial charge is 0.345 e. The zero-order valence-corrected chi connectivity index (χ0v) is 11.9. The van der Waals surface area contributed by atoms with Gasteiger partial charge in [-0.2, -0.15) is 5.10 Å². The Morgan fingerprint density at radius 3 is 3.14 bits per heavy atom. The van der Waals surface area contributed by atoms with Crippen LogP contribution < -0.4 is 10.6 Å². The summed E-state index contributed by atoms with van der Waals surface area (Å²) < 4.78 is 1.80. The number of nitrogens with zero attached hydrogens (tertiary/aromatic N) is 3. The number of carbonyl (C=O) groups excluding carboxylic acids is 1. The minimum atomic E-state index is -0.0907. The summed E-state index contributed by atoms with van der Waals surface area (Å²) in [5.41, 5.74) is 4.31. The van der Waals surface area contributed by atoms with E-state index in [1.807, 2.05) is 25.1 Å². The molecule has 0 unspecified atom stereocenters. The third-order valence-electron chi connectivity index (χ3n) is 3.32. The molecule has 112 valence electrons. The van der Waals surface area contributed by atoms with Crippen molar-refractivity contribution in [2.75, 3.05) is 5.32 Å². The highest BCUT2D eigenvalue weighted by molar-refractivity contribution is 5.97. The number of nitrogens with one attached hydrogen (secondary N) is 4. The van der Waals surface area contributed by atoms with Crippen LogP contribution in [-0.2, 0) is 11.2 Å². The van der Waals surface area contributed by atoms with Crippen LogP contribution >= 0.6 is 0 Å². The molecular weight excluding hydrogens is 282 g/mol. The number of anilines is 1. The molecule has 3 rings (SSSR count). The van der Waals surface area contributed by atoms with Gasteiger partial charge in [-0.3, -0.25) is 15.5 Å². The first-order chi connectivity index (χ1) is 10.7. The van der Waals surface area contributed by atoms with E-state index in [2.05, 4.69) is 25.7 Å². The van der Waals surface area contributed by atoms with E-state index in [9.17, 15) is 4.79 Å². The van der Waals surface area contributed by atoms with Crippen LogP contribution in [0.3, 0.4) is 0 Å². The predicted molar refractivity (Wildman–Crippen MR) is 83.1 cm³/mol. The van der Waals surface area contributed by atoms with Crippen molar-refractivity contribution in [3.8, 4) is 5.69 Å². The molecule has 2 heterocycles. The van der Waals surface area contributed by atoms with Crippen LogP contribution in [0.5, 0.6) is 0 Å². The maximum Gasteiger partial charge on any atom is 0.213 e. The van der Waals surface area contributed by atoms with Gasteiger partial charge in [-0.15, -0.1) is 0 Å². The number of fused-ring (bicyclic) bond motifs is 1. The SMILES string of the molecule is CCc1c(NC(=N)NC=O)cnn1-c1ccc2[nH]cnc2c1. The number of benzene rings is 1. The van der Waals surface area contributed by atoms with E-state index in [4.69, 9.17) is 5.41 Å². The Hall–Kier alpha value is -3.16. The van der Waals surface area contributed by atoms with Crippen LogP contribution in [0.2, 0.25) is 0 Å². The summed E-state index contributed by atoms with van der Waals surface area (Å²) in [4.78, 5) is 17.7. The normalized spacial score (nSPS) is 10.6. The monoisotopic (exact) mass is 297 g/mol. The topological polar surface area (TPSA) is 111 Å². The Balaban J connectivity index is 1.98. The summed E-state index contributed by atoms with van der Waals surface area (Å²) >= 11 is 0. The Kier molecular flexibility index (Phi) is 3.57. The van der Waals surface area contributed by atoms with Crippen molar-refractivity contribution < 1.29 is 4.79 Å². The minimum Gasteiger partial charge on any atom is -0.345 e. The Labute approximate surface area is 126 Å². The molecular formula is C14H15N7O. The third-order valence-corrected chi connectivity index (χ3v) is 3.32. The van der Waals surface area contributed by atoms with E-state index in [-0.39, 0.29) is 5.96 Å². The number of hydrogen-bond acceptors (Lipinski definition) is 4. The van der Waals surface area contributed by atoms with Crippen LogP contribution in [0.15, 0.2) is 30.7 Å². The van der Waals surface area contributed by atoms with Crippen molar-refractivity contribution in [3.05, 3.63) is 36.4 Å². The average Bonchev–Trinajstić information content (AvgIpc) is 3.12. The standard InChI is InChI=1S/C14H15N7O/c1-2-13-12(20-14(15)18-8-22)6-19-21(13)9-3-4-10-11(5-9)17-7-16-10/h3-8H,2H2,1H3,(H,16,17)(H3,15,18,20,22). The van der Waals surface area contributed by atoms with Gasteiger partial charge < -0.3 is 10.3 Å². The molecule has 0 saturated carbocycles. The number of rotatable bonds is 4. The van der Waals surface area contributed by atoms with Gasteiger partial charge in [0, 0.05) is 0 Å². The van der Waals surface area contributed by atoms with E-state index in [0.717, 1.165) is 28.8 Å². The second kappa shape index (κ2) is 5.68. The van der Waals surface area contributed by atoms with Crippen molar-refractivity contribution in [3.63, 3.8) is 0 Å². The van der Waals surface area contributed by atoms with Crippen LogP contribution in [0.1, 0.15) is 12.6 Å². The van der Waals surface area contributed by atoms with Crippen LogP contribution in [0.4, 0.5) is 5.69 Å². The van der Waals surface area contributed by atoms with Gasteiger partial charge in [-0.1, -0.05) is 6.92 Å². The number of aromatic amines is 1. The minimum absolute atomic E-state index is 0.0907. The molecule has 0 aliphatic heterocycles. The molecule has 8 heteroatoms. The lowest BCUT2D eigenvalue weighted by atomic mass is 10.2. The summed E-state index contributed by atoms with van der Waals surface area (Å²) in [7, 11) is 0. The summed E-state index contributed by atoms with van der Waals surface area (Å²) in [6, 6.07) is 5.84. The summed E-state index contributed by atoms with van der Waals surface area (Å²) in [6.45, 7) is 2.00. The van der Waals surface area contributed by atoms with Crippen molar-refractivity contribution in [2.45, 2.75) is 13.3 Å². The van der Waals surface area contributed by atoms with Gasteiger partial charge in [0.2, 0.25) is 6.41 Å². The van der Waals surface area contributed by atoms with Crippen molar-refractivity contribution in [1.29, 1.82) is 5.41 Å². The smallest absolute Gasteiger partial charge is 0.213 e. The highest BCUT2D eigenvalue weighted by atomic mass is 16.1. The molecule has 2 aromatic heterocycles.